The molecule has 0 atom stereocenters. The van der Waals surface area contributed by atoms with Gasteiger partial charge in [-0.3, -0.25) is 4.98 Å². The molecule has 0 aliphatic heterocycles. The lowest BCUT2D eigenvalue weighted by Gasteiger charge is -2.02. The van der Waals surface area contributed by atoms with Crippen LogP contribution in [0.15, 0.2) is 29.4 Å². The topological polar surface area (TPSA) is 51.5 Å². The summed E-state index contributed by atoms with van der Waals surface area (Å²) < 4.78 is 4.70. The van der Waals surface area contributed by atoms with E-state index in [1.165, 1.54) is 6.08 Å². The molecule has 0 aliphatic rings. The van der Waals surface area contributed by atoms with Crippen LogP contribution in [0.2, 0.25) is 0 Å². The minimum atomic E-state index is -0.442. The molecular weight excluding hydrogens is 216 g/mol. The van der Waals surface area contributed by atoms with E-state index in [0.29, 0.717) is 18.2 Å². The SMILES string of the molecule is CCOC(=O)C=C=Nc1ccc(C(C)C)nc1. The molecule has 0 aromatic carbocycles. The Hall–Kier alpha value is -1.93. The highest BCUT2D eigenvalue weighted by molar-refractivity contribution is 5.91. The molecular formula is C13H16N2O2. The van der Waals surface area contributed by atoms with Gasteiger partial charge in [-0.1, -0.05) is 13.8 Å². The lowest BCUT2D eigenvalue weighted by molar-refractivity contribution is -0.137. The van der Waals surface area contributed by atoms with Crippen LogP contribution in [-0.2, 0) is 9.53 Å². The Morgan fingerprint density at radius 2 is 2.35 bits per heavy atom. The first-order valence-electron chi connectivity index (χ1n) is 5.55. The molecule has 0 spiro atoms. The van der Waals surface area contributed by atoms with Gasteiger partial charge in [0.2, 0.25) is 0 Å². The second-order valence-corrected chi connectivity index (χ2v) is 3.73. The summed E-state index contributed by atoms with van der Waals surface area (Å²) in [7, 11) is 0. The number of pyridine rings is 1. The number of aromatic nitrogens is 1. The van der Waals surface area contributed by atoms with Gasteiger partial charge >= 0.3 is 5.97 Å². The number of rotatable bonds is 4. The van der Waals surface area contributed by atoms with Gasteiger partial charge in [0.25, 0.3) is 0 Å². The number of hydrogen-bond donors (Lipinski definition) is 0. The van der Waals surface area contributed by atoms with E-state index in [4.69, 9.17) is 4.74 Å². The van der Waals surface area contributed by atoms with Gasteiger partial charge in [-0.15, -0.1) is 0 Å². The van der Waals surface area contributed by atoms with Gasteiger partial charge in [0, 0.05) is 5.69 Å². The van der Waals surface area contributed by atoms with Crippen LogP contribution < -0.4 is 0 Å². The highest BCUT2D eigenvalue weighted by Crippen LogP contribution is 2.15. The molecule has 1 aromatic rings. The van der Waals surface area contributed by atoms with Crippen LogP contribution in [0.4, 0.5) is 5.69 Å². The number of carbonyl (C=O) groups is 1. The molecule has 0 aliphatic carbocycles. The smallest absolute Gasteiger partial charge is 0.340 e. The normalized spacial score (nSPS) is 9.65. The van der Waals surface area contributed by atoms with Gasteiger partial charge in [0.05, 0.1) is 24.6 Å². The fraction of sp³-hybridized carbons (Fsp3) is 0.385. The predicted molar refractivity (Wildman–Crippen MR) is 66.6 cm³/mol. The van der Waals surface area contributed by atoms with Gasteiger partial charge in [-0.25, -0.2) is 9.79 Å². The molecule has 0 saturated heterocycles. The van der Waals surface area contributed by atoms with Crippen LogP contribution in [0.5, 0.6) is 0 Å². The van der Waals surface area contributed by atoms with E-state index < -0.39 is 5.97 Å². The zero-order valence-corrected chi connectivity index (χ0v) is 10.3. The van der Waals surface area contributed by atoms with E-state index in [1.54, 1.807) is 13.1 Å². The van der Waals surface area contributed by atoms with Gasteiger partial charge < -0.3 is 4.74 Å². The van der Waals surface area contributed by atoms with E-state index in [-0.39, 0.29) is 0 Å². The molecule has 4 heteroatoms. The summed E-state index contributed by atoms with van der Waals surface area (Å²) in [6, 6.07) is 3.75. The fourth-order valence-corrected chi connectivity index (χ4v) is 1.15. The van der Waals surface area contributed by atoms with Crippen molar-refractivity contribution in [2.75, 3.05) is 6.61 Å². The number of aliphatic imine (C=N–C) groups is 1. The Kier molecular flexibility index (Phi) is 5.11. The second-order valence-electron chi connectivity index (χ2n) is 3.73. The van der Waals surface area contributed by atoms with Crippen molar-refractivity contribution in [2.45, 2.75) is 26.7 Å². The van der Waals surface area contributed by atoms with Gasteiger partial charge in [0.1, 0.15) is 0 Å². The number of hydrogen-bond acceptors (Lipinski definition) is 4. The summed E-state index contributed by atoms with van der Waals surface area (Å²) in [4.78, 5) is 19.2. The van der Waals surface area contributed by atoms with Crippen molar-refractivity contribution in [2.24, 2.45) is 4.99 Å². The van der Waals surface area contributed by atoms with Gasteiger partial charge in [-0.05, 0) is 30.8 Å². The highest BCUT2D eigenvalue weighted by atomic mass is 16.5. The number of ether oxygens (including phenoxy) is 1. The Morgan fingerprint density at radius 1 is 1.59 bits per heavy atom. The average molecular weight is 232 g/mol. The van der Waals surface area contributed by atoms with Crippen molar-refractivity contribution in [3.63, 3.8) is 0 Å². The molecule has 4 nitrogen and oxygen atoms in total. The Morgan fingerprint density at radius 3 is 2.88 bits per heavy atom. The van der Waals surface area contributed by atoms with Crippen molar-refractivity contribution in [3.8, 4) is 0 Å². The third-order valence-electron chi connectivity index (χ3n) is 2.02. The fourth-order valence-electron chi connectivity index (χ4n) is 1.15. The van der Waals surface area contributed by atoms with Crippen molar-refractivity contribution >= 4 is 17.5 Å². The minimum absolute atomic E-state index is 0.349. The van der Waals surface area contributed by atoms with E-state index in [9.17, 15) is 4.79 Å². The summed E-state index contributed by atoms with van der Waals surface area (Å²) >= 11 is 0. The maximum absolute atomic E-state index is 11.0. The molecule has 90 valence electrons. The molecule has 1 heterocycles. The lowest BCUT2D eigenvalue weighted by atomic mass is 10.1. The average Bonchev–Trinajstić information content (AvgIpc) is 2.30. The lowest BCUT2D eigenvalue weighted by Crippen LogP contribution is -1.98. The van der Waals surface area contributed by atoms with E-state index in [2.05, 4.69) is 29.7 Å². The van der Waals surface area contributed by atoms with E-state index in [0.717, 1.165) is 5.69 Å². The third kappa shape index (κ3) is 4.62. The second kappa shape index (κ2) is 6.61. The molecule has 0 amide bonds. The molecule has 0 saturated carbocycles. The summed E-state index contributed by atoms with van der Waals surface area (Å²) in [6.07, 6.45) is 2.82. The molecule has 0 fully saturated rings. The third-order valence-corrected chi connectivity index (χ3v) is 2.02. The first-order chi connectivity index (χ1) is 8.13. The van der Waals surface area contributed by atoms with E-state index in [1.807, 2.05) is 12.1 Å². The number of carbonyl (C=O) groups excluding carboxylic acids is 1. The zero-order valence-electron chi connectivity index (χ0n) is 10.3. The number of nitrogens with zero attached hydrogens (tertiary/aromatic N) is 2. The molecule has 0 bridgehead atoms. The first-order valence-corrected chi connectivity index (χ1v) is 5.55. The summed E-state index contributed by atoms with van der Waals surface area (Å²) in [5, 5.41) is 0. The van der Waals surface area contributed by atoms with Crippen LogP contribution in [0.25, 0.3) is 0 Å². The number of esters is 1. The summed E-state index contributed by atoms with van der Waals surface area (Å²) in [5.41, 5.74) is 1.67. The molecule has 0 N–H and O–H groups in total. The predicted octanol–water partition coefficient (Wildman–Crippen LogP) is 2.63. The van der Waals surface area contributed by atoms with Gasteiger partial charge in [-0.2, -0.15) is 0 Å². The Bertz CT molecular complexity index is 429. The monoisotopic (exact) mass is 232 g/mol. The van der Waals surface area contributed by atoms with Crippen LogP contribution in [-0.4, -0.2) is 23.4 Å². The maximum Gasteiger partial charge on any atom is 0.340 e. The Balaban J connectivity index is 2.69. The van der Waals surface area contributed by atoms with Crippen molar-refractivity contribution in [1.29, 1.82) is 0 Å². The van der Waals surface area contributed by atoms with Crippen LogP contribution >= 0.6 is 0 Å². The quantitative estimate of drug-likeness (QED) is 0.455. The molecule has 0 radical (unpaired) electrons. The van der Waals surface area contributed by atoms with E-state index >= 15 is 0 Å². The minimum Gasteiger partial charge on any atom is -0.462 e. The standard InChI is InChI=1S/C13H16N2O2/c1-4-17-13(16)7-8-14-11-5-6-12(10(2)3)15-9-11/h5-7,9-10H,4H2,1-3H3. The highest BCUT2D eigenvalue weighted by Gasteiger charge is 1.99. The van der Waals surface area contributed by atoms with Crippen molar-refractivity contribution in [3.05, 3.63) is 30.1 Å². The van der Waals surface area contributed by atoms with Crippen molar-refractivity contribution < 1.29 is 9.53 Å². The van der Waals surface area contributed by atoms with Crippen LogP contribution in [0.3, 0.4) is 0 Å². The maximum atomic E-state index is 11.0. The first kappa shape index (κ1) is 13.1. The van der Waals surface area contributed by atoms with Crippen molar-refractivity contribution in [1.82, 2.24) is 4.98 Å². The Labute approximate surface area is 101 Å². The molecule has 17 heavy (non-hydrogen) atoms. The molecule has 1 aromatic heterocycles. The van der Waals surface area contributed by atoms with Gasteiger partial charge in [0.15, 0.2) is 0 Å². The molecule has 1 rings (SSSR count). The summed E-state index contributed by atoms with van der Waals surface area (Å²) in [6.45, 7) is 6.25. The summed E-state index contributed by atoms with van der Waals surface area (Å²) in [5.74, 6) is 2.47. The van der Waals surface area contributed by atoms with Crippen LogP contribution in [0.1, 0.15) is 32.4 Å². The zero-order chi connectivity index (χ0) is 12.7. The molecule has 0 unspecified atom stereocenters. The largest absolute Gasteiger partial charge is 0.462 e. The van der Waals surface area contributed by atoms with Crippen LogP contribution in [0, 0.1) is 0 Å².